The second-order valence-electron chi connectivity index (χ2n) is 5.42. The Kier molecular flexibility index (Phi) is 15.2. The third kappa shape index (κ3) is 10.8. The molecule has 5 nitrogen and oxygen atoms in total. The summed E-state index contributed by atoms with van der Waals surface area (Å²) in [7, 11) is 1.68. The normalized spacial score (nSPS) is 11.0. The Labute approximate surface area is 173 Å². The molecule has 0 radical (unpaired) electrons. The monoisotopic (exact) mass is 481 g/mol. The zero-order valence-electron chi connectivity index (χ0n) is 15.8. The zero-order chi connectivity index (χ0) is 17.6. The SMILES string of the molecule is CCNC(=NCc1ccc(C)cc1OCCOC)NCCCSC.I. The Hall–Kier alpha value is -0.670. The molecule has 0 fully saturated rings. The maximum atomic E-state index is 5.83. The van der Waals surface area contributed by atoms with Crippen LogP contribution in [0.5, 0.6) is 5.75 Å². The molecule has 0 heterocycles. The summed E-state index contributed by atoms with van der Waals surface area (Å²) in [5.74, 6) is 2.89. The lowest BCUT2D eigenvalue weighted by Crippen LogP contribution is -2.37. The van der Waals surface area contributed by atoms with E-state index in [1.54, 1.807) is 7.11 Å². The van der Waals surface area contributed by atoms with Crippen LogP contribution in [-0.2, 0) is 11.3 Å². The van der Waals surface area contributed by atoms with Gasteiger partial charge in [0.2, 0.25) is 0 Å². The van der Waals surface area contributed by atoms with E-state index in [9.17, 15) is 0 Å². The van der Waals surface area contributed by atoms with Crippen molar-refractivity contribution >= 4 is 41.7 Å². The van der Waals surface area contributed by atoms with Crippen LogP contribution in [0, 0.1) is 6.92 Å². The fraction of sp³-hybridized carbons (Fsp3) is 0.611. The number of nitrogens with one attached hydrogen (secondary N) is 2. The van der Waals surface area contributed by atoms with Crippen molar-refractivity contribution in [3.8, 4) is 5.75 Å². The minimum absolute atomic E-state index is 0. The summed E-state index contributed by atoms with van der Waals surface area (Å²) in [6.45, 7) is 7.62. The van der Waals surface area contributed by atoms with Crippen LogP contribution in [-0.4, -0.2) is 51.4 Å². The number of hydrogen-bond acceptors (Lipinski definition) is 4. The first-order valence-electron chi connectivity index (χ1n) is 8.43. The average Bonchev–Trinajstić information content (AvgIpc) is 2.58. The molecule has 144 valence electrons. The van der Waals surface area contributed by atoms with Gasteiger partial charge >= 0.3 is 0 Å². The van der Waals surface area contributed by atoms with E-state index in [-0.39, 0.29) is 24.0 Å². The lowest BCUT2D eigenvalue weighted by atomic mass is 10.1. The molecule has 0 aliphatic rings. The molecule has 0 aliphatic carbocycles. The number of rotatable bonds is 11. The van der Waals surface area contributed by atoms with Crippen LogP contribution >= 0.6 is 35.7 Å². The Balaban J connectivity index is 0.00000576. The molecule has 25 heavy (non-hydrogen) atoms. The molecular formula is C18H32IN3O2S. The molecular weight excluding hydrogens is 449 g/mol. The van der Waals surface area contributed by atoms with Crippen LogP contribution in [0.4, 0.5) is 0 Å². The quantitative estimate of drug-likeness (QED) is 0.220. The van der Waals surface area contributed by atoms with E-state index in [1.165, 1.54) is 5.56 Å². The van der Waals surface area contributed by atoms with Crippen molar-refractivity contribution in [3.63, 3.8) is 0 Å². The molecule has 0 amide bonds. The van der Waals surface area contributed by atoms with E-state index in [2.05, 4.69) is 53.9 Å². The van der Waals surface area contributed by atoms with E-state index in [0.29, 0.717) is 19.8 Å². The molecule has 0 atom stereocenters. The highest BCUT2D eigenvalue weighted by Gasteiger charge is 2.05. The lowest BCUT2D eigenvalue weighted by Gasteiger charge is -2.13. The summed E-state index contributed by atoms with van der Waals surface area (Å²) in [6.07, 6.45) is 3.25. The van der Waals surface area contributed by atoms with Gasteiger partial charge in [0.05, 0.1) is 13.2 Å². The molecule has 0 bridgehead atoms. The summed E-state index contributed by atoms with van der Waals surface area (Å²) >= 11 is 1.86. The predicted octanol–water partition coefficient (Wildman–Crippen LogP) is 3.45. The first kappa shape index (κ1) is 24.3. The molecule has 0 spiro atoms. The van der Waals surface area contributed by atoms with E-state index in [1.807, 2.05) is 11.8 Å². The predicted molar refractivity (Wildman–Crippen MR) is 120 cm³/mol. The van der Waals surface area contributed by atoms with E-state index in [0.717, 1.165) is 42.5 Å². The number of guanidine groups is 1. The van der Waals surface area contributed by atoms with Gasteiger partial charge < -0.3 is 20.1 Å². The Morgan fingerprint density at radius 2 is 2.04 bits per heavy atom. The topological polar surface area (TPSA) is 54.9 Å². The Morgan fingerprint density at radius 3 is 2.72 bits per heavy atom. The fourth-order valence-corrected chi connectivity index (χ4v) is 2.52. The summed E-state index contributed by atoms with van der Waals surface area (Å²) in [4.78, 5) is 4.68. The Morgan fingerprint density at radius 1 is 1.24 bits per heavy atom. The number of methoxy groups -OCH3 is 1. The molecule has 1 rings (SSSR count). The minimum Gasteiger partial charge on any atom is -0.491 e. The van der Waals surface area contributed by atoms with Crippen molar-refractivity contribution < 1.29 is 9.47 Å². The Bertz CT molecular complexity index is 501. The third-order valence-corrected chi connectivity index (χ3v) is 4.03. The molecule has 0 unspecified atom stereocenters. The van der Waals surface area contributed by atoms with Gasteiger partial charge in [-0.2, -0.15) is 11.8 Å². The van der Waals surface area contributed by atoms with E-state index >= 15 is 0 Å². The number of halogens is 1. The second-order valence-corrected chi connectivity index (χ2v) is 6.41. The molecule has 7 heteroatoms. The van der Waals surface area contributed by atoms with Gasteiger partial charge in [-0.3, -0.25) is 0 Å². The zero-order valence-corrected chi connectivity index (χ0v) is 18.9. The third-order valence-electron chi connectivity index (χ3n) is 3.34. The van der Waals surface area contributed by atoms with Crippen LogP contribution < -0.4 is 15.4 Å². The molecule has 0 aliphatic heterocycles. The highest BCUT2D eigenvalue weighted by molar-refractivity contribution is 14.0. The number of aliphatic imine (C=N–C) groups is 1. The van der Waals surface area contributed by atoms with Gasteiger partial charge in [0.25, 0.3) is 0 Å². The van der Waals surface area contributed by atoms with Crippen molar-refractivity contribution in [2.45, 2.75) is 26.8 Å². The van der Waals surface area contributed by atoms with E-state index in [4.69, 9.17) is 9.47 Å². The largest absolute Gasteiger partial charge is 0.491 e. The minimum atomic E-state index is 0. The summed E-state index contributed by atoms with van der Waals surface area (Å²) in [6, 6.07) is 6.23. The number of hydrogen-bond donors (Lipinski definition) is 2. The van der Waals surface area contributed by atoms with Gasteiger partial charge in [-0.05, 0) is 43.9 Å². The van der Waals surface area contributed by atoms with Crippen LogP contribution in [0.2, 0.25) is 0 Å². The van der Waals surface area contributed by atoms with Crippen LogP contribution in [0.3, 0.4) is 0 Å². The molecule has 0 saturated carbocycles. The van der Waals surface area contributed by atoms with Crippen LogP contribution in [0.25, 0.3) is 0 Å². The number of aryl methyl sites for hydroxylation is 1. The van der Waals surface area contributed by atoms with Gasteiger partial charge in [0.1, 0.15) is 12.4 Å². The smallest absolute Gasteiger partial charge is 0.191 e. The summed E-state index contributed by atoms with van der Waals surface area (Å²) < 4.78 is 10.9. The standard InChI is InChI=1S/C18H31N3O2S.HI/c1-5-19-18(20-9-6-12-24-4)21-14-16-8-7-15(2)13-17(16)23-11-10-22-3;/h7-8,13H,5-6,9-12,14H2,1-4H3,(H2,19,20,21);1H. The van der Waals surface area contributed by atoms with E-state index < -0.39 is 0 Å². The van der Waals surface area contributed by atoms with Gasteiger partial charge in [0.15, 0.2) is 5.96 Å². The number of nitrogens with zero attached hydrogens (tertiary/aromatic N) is 1. The molecule has 1 aromatic rings. The van der Waals surface area contributed by atoms with Gasteiger partial charge in [-0.1, -0.05) is 12.1 Å². The van der Waals surface area contributed by atoms with Gasteiger partial charge in [-0.25, -0.2) is 4.99 Å². The lowest BCUT2D eigenvalue weighted by molar-refractivity contribution is 0.145. The molecule has 0 aromatic heterocycles. The summed E-state index contributed by atoms with van der Waals surface area (Å²) in [5.41, 5.74) is 2.26. The van der Waals surface area contributed by atoms with Crippen molar-refractivity contribution in [1.29, 1.82) is 0 Å². The van der Waals surface area contributed by atoms with Crippen molar-refractivity contribution in [2.75, 3.05) is 45.4 Å². The first-order chi connectivity index (χ1) is 11.7. The number of ether oxygens (including phenoxy) is 2. The molecule has 0 saturated heterocycles. The number of thioether (sulfide) groups is 1. The van der Waals surface area contributed by atoms with Gasteiger partial charge in [0, 0.05) is 25.8 Å². The average molecular weight is 481 g/mol. The maximum absolute atomic E-state index is 5.83. The second kappa shape index (κ2) is 15.6. The fourth-order valence-electron chi connectivity index (χ4n) is 2.09. The number of benzene rings is 1. The highest BCUT2D eigenvalue weighted by atomic mass is 127. The molecule has 1 aromatic carbocycles. The molecule has 2 N–H and O–H groups in total. The highest BCUT2D eigenvalue weighted by Crippen LogP contribution is 2.21. The van der Waals surface area contributed by atoms with Crippen molar-refractivity contribution in [2.24, 2.45) is 4.99 Å². The maximum Gasteiger partial charge on any atom is 0.191 e. The van der Waals surface area contributed by atoms with Crippen LogP contribution in [0.15, 0.2) is 23.2 Å². The van der Waals surface area contributed by atoms with Crippen molar-refractivity contribution in [3.05, 3.63) is 29.3 Å². The van der Waals surface area contributed by atoms with Crippen LogP contribution in [0.1, 0.15) is 24.5 Å². The van der Waals surface area contributed by atoms with Gasteiger partial charge in [-0.15, -0.1) is 24.0 Å². The summed E-state index contributed by atoms with van der Waals surface area (Å²) in [5, 5.41) is 6.66. The van der Waals surface area contributed by atoms with Crippen molar-refractivity contribution in [1.82, 2.24) is 10.6 Å². The first-order valence-corrected chi connectivity index (χ1v) is 9.83.